The molecule has 0 radical (unpaired) electrons. The van der Waals surface area contributed by atoms with E-state index in [0.717, 1.165) is 6.04 Å². The van der Waals surface area contributed by atoms with Gasteiger partial charge in [-0.3, -0.25) is 4.90 Å². The van der Waals surface area contributed by atoms with E-state index in [0.29, 0.717) is 5.54 Å². The molecular weight excluding hydrogens is 262 g/mol. The maximum absolute atomic E-state index is 3.52. The zero-order valence-corrected chi connectivity index (χ0v) is 11.3. The van der Waals surface area contributed by atoms with Crippen molar-refractivity contribution in [3.63, 3.8) is 0 Å². The fourth-order valence-corrected chi connectivity index (χ4v) is 3.91. The van der Waals surface area contributed by atoms with Gasteiger partial charge in [-0.25, -0.2) is 0 Å². The van der Waals surface area contributed by atoms with Gasteiger partial charge in [0.2, 0.25) is 0 Å². The summed E-state index contributed by atoms with van der Waals surface area (Å²) in [5, 5.41) is 0. The molecule has 0 spiro atoms. The molecule has 0 N–H and O–H groups in total. The first-order chi connectivity index (χ1) is 7.72. The van der Waals surface area contributed by atoms with Gasteiger partial charge in [0.25, 0.3) is 0 Å². The molecule has 86 valence electrons. The second-order valence-corrected chi connectivity index (χ2v) is 6.15. The van der Waals surface area contributed by atoms with Gasteiger partial charge in [0.15, 0.2) is 0 Å². The third-order valence-electron chi connectivity index (χ3n) is 4.62. The van der Waals surface area contributed by atoms with Crippen molar-refractivity contribution in [1.29, 1.82) is 0 Å². The van der Waals surface area contributed by atoms with E-state index < -0.39 is 0 Å². The van der Waals surface area contributed by atoms with Crippen LogP contribution in [0.2, 0.25) is 0 Å². The highest BCUT2D eigenvalue weighted by Gasteiger charge is 2.47. The number of piperidine rings is 1. The fraction of sp³-hybridized carbons (Fsp3) is 0.571. The van der Waals surface area contributed by atoms with Crippen LogP contribution in [-0.2, 0) is 5.54 Å². The molecule has 2 aliphatic rings. The van der Waals surface area contributed by atoms with Gasteiger partial charge in [0.1, 0.15) is 0 Å². The smallest absolute Gasteiger partial charge is 0.0461 e. The molecule has 1 nitrogen and oxygen atoms in total. The molecule has 0 unspecified atom stereocenters. The lowest BCUT2D eigenvalue weighted by Gasteiger charge is -2.43. The highest BCUT2D eigenvalue weighted by Crippen LogP contribution is 2.49. The van der Waals surface area contributed by atoms with Gasteiger partial charge in [-0.05, 0) is 56.8 Å². The number of hydrogen-bond acceptors (Lipinski definition) is 1. The summed E-state index contributed by atoms with van der Waals surface area (Å²) in [6.07, 6.45) is 6.85. The second kappa shape index (κ2) is 3.85. The highest BCUT2D eigenvalue weighted by molar-refractivity contribution is 9.10. The molecule has 0 amide bonds. The van der Waals surface area contributed by atoms with Crippen molar-refractivity contribution in [3.8, 4) is 0 Å². The van der Waals surface area contributed by atoms with E-state index in [2.05, 4.69) is 52.1 Å². The Hall–Kier alpha value is -0.340. The third kappa shape index (κ3) is 1.46. The van der Waals surface area contributed by atoms with Gasteiger partial charge in [-0.1, -0.05) is 28.1 Å². The minimum atomic E-state index is 0.351. The molecule has 16 heavy (non-hydrogen) atoms. The fourth-order valence-electron chi connectivity index (χ4n) is 3.65. The van der Waals surface area contributed by atoms with Crippen LogP contribution in [0.3, 0.4) is 0 Å². The Balaban J connectivity index is 2.01. The number of rotatable bonds is 1. The Labute approximate surface area is 106 Å². The molecule has 2 fully saturated rings. The quantitative estimate of drug-likeness (QED) is 0.753. The molecule has 0 aliphatic carbocycles. The largest absolute Gasteiger partial charge is 0.294 e. The van der Waals surface area contributed by atoms with Crippen molar-refractivity contribution < 1.29 is 0 Å². The zero-order valence-electron chi connectivity index (χ0n) is 9.75. The Bertz CT molecular complexity index is 382. The summed E-state index contributed by atoms with van der Waals surface area (Å²) in [4.78, 5) is 2.64. The number of fused-ring (bicyclic) bond motifs is 2. The Morgan fingerprint density at radius 2 is 1.94 bits per heavy atom. The topological polar surface area (TPSA) is 3.24 Å². The lowest BCUT2D eigenvalue weighted by Crippen LogP contribution is -2.45. The van der Waals surface area contributed by atoms with Gasteiger partial charge >= 0.3 is 0 Å². The Kier molecular flexibility index (Phi) is 2.60. The van der Waals surface area contributed by atoms with Crippen LogP contribution < -0.4 is 0 Å². The minimum absolute atomic E-state index is 0.351. The first-order valence-electron chi connectivity index (χ1n) is 6.21. The van der Waals surface area contributed by atoms with Crippen LogP contribution in [-0.4, -0.2) is 18.0 Å². The minimum Gasteiger partial charge on any atom is -0.294 e. The Morgan fingerprint density at radius 1 is 1.19 bits per heavy atom. The molecule has 0 aromatic heterocycles. The molecule has 2 atom stereocenters. The van der Waals surface area contributed by atoms with Crippen LogP contribution in [0.5, 0.6) is 0 Å². The van der Waals surface area contributed by atoms with Crippen LogP contribution in [0, 0.1) is 0 Å². The highest BCUT2D eigenvalue weighted by atomic mass is 79.9. The van der Waals surface area contributed by atoms with E-state index in [-0.39, 0.29) is 0 Å². The van der Waals surface area contributed by atoms with Crippen LogP contribution >= 0.6 is 15.9 Å². The summed E-state index contributed by atoms with van der Waals surface area (Å²) in [7, 11) is 2.32. The summed E-state index contributed by atoms with van der Waals surface area (Å²) in [5.41, 5.74) is 1.87. The molecule has 1 aromatic rings. The number of benzene rings is 1. The van der Waals surface area contributed by atoms with Gasteiger partial charge in [-0.15, -0.1) is 0 Å². The molecule has 2 bridgehead atoms. The molecule has 0 saturated carbocycles. The van der Waals surface area contributed by atoms with Gasteiger partial charge in [-0.2, -0.15) is 0 Å². The van der Waals surface area contributed by atoms with Crippen LogP contribution in [0.1, 0.15) is 37.7 Å². The normalized spacial score (nSPS) is 34.2. The number of nitrogens with zero attached hydrogens (tertiary/aromatic N) is 1. The lowest BCUT2D eigenvalue weighted by atomic mass is 9.82. The van der Waals surface area contributed by atoms with E-state index in [1.165, 1.54) is 42.1 Å². The predicted octanol–water partition coefficient (Wildman–Crippen LogP) is 3.92. The van der Waals surface area contributed by atoms with E-state index in [1.807, 2.05) is 0 Å². The van der Waals surface area contributed by atoms with Crippen molar-refractivity contribution >= 4 is 15.9 Å². The van der Waals surface area contributed by atoms with Crippen molar-refractivity contribution in [1.82, 2.24) is 4.90 Å². The van der Waals surface area contributed by atoms with Crippen LogP contribution in [0.15, 0.2) is 28.7 Å². The summed E-state index contributed by atoms with van der Waals surface area (Å²) in [6, 6.07) is 9.79. The first-order valence-corrected chi connectivity index (χ1v) is 7.01. The summed E-state index contributed by atoms with van der Waals surface area (Å²) < 4.78 is 1.18. The molecule has 2 heterocycles. The average molecular weight is 280 g/mol. The molecule has 2 saturated heterocycles. The summed E-state index contributed by atoms with van der Waals surface area (Å²) in [6.45, 7) is 0. The lowest BCUT2D eigenvalue weighted by molar-refractivity contribution is 0.0805. The molecule has 2 aliphatic heterocycles. The average Bonchev–Trinajstić information content (AvgIpc) is 2.52. The van der Waals surface area contributed by atoms with Gasteiger partial charge < -0.3 is 0 Å². The zero-order chi connectivity index (χ0) is 11.2. The van der Waals surface area contributed by atoms with Crippen molar-refractivity contribution in [2.24, 2.45) is 0 Å². The molecule has 1 aromatic carbocycles. The monoisotopic (exact) mass is 279 g/mol. The van der Waals surface area contributed by atoms with Crippen LogP contribution in [0.4, 0.5) is 0 Å². The standard InChI is InChI=1S/C14H18BrN/c1-16-13-3-2-9-14(16,10-8-13)11-4-6-12(15)7-5-11/h4-7,13H,2-3,8-10H2,1H3/t13-,14+/m1/s1. The maximum Gasteiger partial charge on any atom is 0.0461 e. The molecule has 2 heteroatoms. The first kappa shape index (κ1) is 10.8. The summed E-state index contributed by atoms with van der Waals surface area (Å²) in [5.74, 6) is 0. The van der Waals surface area contributed by atoms with Crippen LogP contribution in [0.25, 0.3) is 0 Å². The van der Waals surface area contributed by atoms with E-state index in [4.69, 9.17) is 0 Å². The molecule has 3 rings (SSSR count). The van der Waals surface area contributed by atoms with Crippen molar-refractivity contribution in [2.45, 2.75) is 43.7 Å². The summed E-state index contributed by atoms with van der Waals surface area (Å²) >= 11 is 3.52. The van der Waals surface area contributed by atoms with E-state index in [9.17, 15) is 0 Å². The maximum atomic E-state index is 3.52. The number of halogens is 1. The van der Waals surface area contributed by atoms with E-state index in [1.54, 1.807) is 0 Å². The van der Waals surface area contributed by atoms with Crippen molar-refractivity contribution in [2.75, 3.05) is 7.05 Å². The predicted molar refractivity (Wildman–Crippen MR) is 70.5 cm³/mol. The third-order valence-corrected chi connectivity index (χ3v) is 5.15. The second-order valence-electron chi connectivity index (χ2n) is 5.23. The molecular formula is C14H18BrN. The van der Waals surface area contributed by atoms with Gasteiger partial charge in [0, 0.05) is 16.1 Å². The Morgan fingerprint density at radius 3 is 2.69 bits per heavy atom. The van der Waals surface area contributed by atoms with Gasteiger partial charge in [0.05, 0.1) is 0 Å². The SMILES string of the molecule is CN1[C@@H]2CCC[C@@]1(c1ccc(Br)cc1)CC2. The van der Waals surface area contributed by atoms with E-state index >= 15 is 0 Å². The number of hydrogen-bond donors (Lipinski definition) is 0. The van der Waals surface area contributed by atoms with Crippen molar-refractivity contribution in [3.05, 3.63) is 34.3 Å².